The number of rotatable bonds is 5. The summed E-state index contributed by atoms with van der Waals surface area (Å²) in [5.74, 6) is -0.959. The lowest BCUT2D eigenvalue weighted by Gasteiger charge is -2.29. The number of nitrogens with two attached hydrogens (primary N) is 1. The summed E-state index contributed by atoms with van der Waals surface area (Å²) in [4.78, 5) is 28.1. The van der Waals surface area contributed by atoms with Crippen molar-refractivity contribution in [3.63, 3.8) is 0 Å². The summed E-state index contributed by atoms with van der Waals surface area (Å²) >= 11 is 0. The molecule has 0 aromatic heterocycles. The van der Waals surface area contributed by atoms with Crippen LogP contribution < -0.4 is 5.73 Å². The SMILES string of the molecule is COC(CO)(CC(N)=O)P(=O)(O)O. The third-order valence-electron chi connectivity index (χ3n) is 1.61. The van der Waals surface area contributed by atoms with Crippen molar-refractivity contribution in [2.24, 2.45) is 5.73 Å². The van der Waals surface area contributed by atoms with E-state index >= 15 is 0 Å². The van der Waals surface area contributed by atoms with E-state index in [1.807, 2.05) is 0 Å². The molecule has 7 nitrogen and oxygen atoms in total. The maximum absolute atomic E-state index is 10.9. The van der Waals surface area contributed by atoms with Gasteiger partial charge in [0, 0.05) is 7.11 Å². The summed E-state index contributed by atoms with van der Waals surface area (Å²) in [6, 6.07) is 0. The van der Waals surface area contributed by atoms with Crippen molar-refractivity contribution in [3.8, 4) is 0 Å². The standard InChI is InChI=1S/C5H12NO6P/c1-12-5(3-7,2-4(6)8)13(9,10)11/h7H,2-3H2,1H3,(H2,6,8)(H2,9,10,11). The van der Waals surface area contributed by atoms with E-state index in [2.05, 4.69) is 4.74 Å². The first-order valence-electron chi connectivity index (χ1n) is 3.29. The number of methoxy groups -OCH3 is 1. The number of amides is 1. The van der Waals surface area contributed by atoms with Crippen LogP contribution in [0.3, 0.4) is 0 Å². The first kappa shape index (κ1) is 12.5. The Hall–Kier alpha value is -0.460. The molecular formula is C5H12NO6P. The summed E-state index contributed by atoms with van der Waals surface area (Å²) in [6.07, 6.45) is -0.732. The van der Waals surface area contributed by atoms with E-state index in [1.165, 1.54) is 0 Å². The van der Waals surface area contributed by atoms with Crippen molar-refractivity contribution in [1.29, 1.82) is 0 Å². The van der Waals surface area contributed by atoms with Gasteiger partial charge < -0.3 is 25.4 Å². The number of primary amides is 1. The monoisotopic (exact) mass is 213 g/mol. The van der Waals surface area contributed by atoms with E-state index in [0.717, 1.165) is 7.11 Å². The van der Waals surface area contributed by atoms with Crippen molar-refractivity contribution in [3.05, 3.63) is 0 Å². The second kappa shape index (κ2) is 4.17. The highest BCUT2D eigenvalue weighted by molar-refractivity contribution is 7.53. The van der Waals surface area contributed by atoms with Crippen molar-refractivity contribution in [2.45, 2.75) is 11.8 Å². The van der Waals surface area contributed by atoms with Gasteiger partial charge in [0.1, 0.15) is 0 Å². The minimum absolute atomic E-state index is 0.732. The molecule has 78 valence electrons. The van der Waals surface area contributed by atoms with Crippen LogP contribution in [-0.4, -0.2) is 39.9 Å². The lowest BCUT2D eigenvalue weighted by molar-refractivity contribution is -0.123. The van der Waals surface area contributed by atoms with Crippen LogP contribution in [0.2, 0.25) is 0 Å². The van der Waals surface area contributed by atoms with Crippen LogP contribution in [-0.2, 0) is 14.1 Å². The van der Waals surface area contributed by atoms with Gasteiger partial charge in [-0.3, -0.25) is 9.36 Å². The molecule has 5 N–H and O–H groups in total. The van der Waals surface area contributed by atoms with E-state index in [4.69, 9.17) is 20.6 Å². The van der Waals surface area contributed by atoms with Crippen LogP contribution in [0.15, 0.2) is 0 Å². The Kier molecular flexibility index (Phi) is 4.02. The number of carbonyl (C=O) groups excluding carboxylic acids is 1. The molecule has 0 saturated carbocycles. The minimum Gasteiger partial charge on any atom is -0.393 e. The first-order valence-corrected chi connectivity index (χ1v) is 4.90. The smallest absolute Gasteiger partial charge is 0.360 e. The lowest BCUT2D eigenvalue weighted by atomic mass is 10.2. The molecule has 0 spiro atoms. The predicted molar refractivity (Wildman–Crippen MR) is 42.7 cm³/mol. The minimum atomic E-state index is -4.73. The maximum atomic E-state index is 10.9. The van der Waals surface area contributed by atoms with Gasteiger partial charge in [-0.1, -0.05) is 0 Å². The molecule has 0 aliphatic rings. The zero-order valence-electron chi connectivity index (χ0n) is 7.01. The molecule has 0 aromatic rings. The Morgan fingerprint density at radius 1 is 1.62 bits per heavy atom. The summed E-state index contributed by atoms with van der Waals surface area (Å²) in [6.45, 7) is -0.975. The quantitative estimate of drug-likeness (QED) is 0.406. The van der Waals surface area contributed by atoms with Crippen molar-refractivity contribution in [2.75, 3.05) is 13.7 Å². The van der Waals surface area contributed by atoms with Gasteiger partial charge in [0.05, 0.1) is 13.0 Å². The average molecular weight is 213 g/mol. The molecule has 0 rings (SSSR count). The summed E-state index contributed by atoms with van der Waals surface area (Å²) < 4.78 is 15.3. The first-order chi connectivity index (χ1) is 5.79. The van der Waals surface area contributed by atoms with Gasteiger partial charge in [-0.05, 0) is 0 Å². The molecule has 1 unspecified atom stereocenters. The number of hydrogen-bond donors (Lipinski definition) is 4. The number of aliphatic hydroxyl groups is 1. The second-order valence-electron chi connectivity index (χ2n) is 2.50. The van der Waals surface area contributed by atoms with E-state index in [0.29, 0.717) is 0 Å². The van der Waals surface area contributed by atoms with Gasteiger partial charge in [-0.2, -0.15) is 0 Å². The molecular weight excluding hydrogens is 201 g/mol. The highest BCUT2D eigenvalue weighted by Crippen LogP contribution is 2.52. The van der Waals surface area contributed by atoms with E-state index in [-0.39, 0.29) is 0 Å². The second-order valence-corrected chi connectivity index (χ2v) is 4.40. The Morgan fingerprint density at radius 2 is 2.08 bits per heavy atom. The van der Waals surface area contributed by atoms with Crippen LogP contribution in [0.25, 0.3) is 0 Å². The summed E-state index contributed by atoms with van der Waals surface area (Å²) in [7, 11) is -3.75. The van der Waals surface area contributed by atoms with E-state index in [9.17, 15) is 9.36 Å². The Morgan fingerprint density at radius 3 is 2.15 bits per heavy atom. The number of ether oxygens (including phenoxy) is 1. The van der Waals surface area contributed by atoms with Gasteiger partial charge in [0.2, 0.25) is 5.91 Å². The van der Waals surface area contributed by atoms with Crippen LogP contribution in [0.1, 0.15) is 6.42 Å². The molecule has 0 fully saturated rings. The van der Waals surface area contributed by atoms with Gasteiger partial charge in [-0.25, -0.2) is 0 Å². The van der Waals surface area contributed by atoms with Crippen LogP contribution in [0, 0.1) is 0 Å². The van der Waals surface area contributed by atoms with Gasteiger partial charge in [0.25, 0.3) is 0 Å². The van der Waals surface area contributed by atoms with Crippen LogP contribution in [0.4, 0.5) is 0 Å². The molecule has 0 bridgehead atoms. The van der Waals surface area contributed by atoms with Gasteiger partial charge in [0.15, 0.2) is 5.34 Å². The third-order valence-corrected chi connectivity index (χ3v) is 3.15. The fraction of sp³-hybridized carbons (Fsp3) is 0.800. The fourth-order valence-corrected chi connectivity index (χ4v) is 1.56. The van der Waals surface area contributed by atoms with Gasteiger partial charge >= 0.3 is 7.60 Å². The zero-order valence-corrected chi connectivity index (χ0v) is 7.90. The lowest BCUT2D eigenvalue weighted by Crippen LogP contribution is -2.39. The molecule has 1 atom stereocenters. The van der Waals surface area contributed by atoms with Crippen molar-refractivity contribution in [1.82, 2.24) is 0 Å². The van der Waals surface area contributed by atoms with Crippen molar-refractivity contribution < 1.29 is 29.0 Å². The van der Waals surface area contributed by atoms with Crippen LogP contribution >= 0.6 is 7.60 Å². The van der Waals surface area contributed by atoms with E-state index < -0.39 is 31.9 Å². The number of carbonyl (C=O) groups is 1. The molecule has 0 aliphatic heterocycles. The highest BCUT2D eigenvalue weighted by Gasteiger charge is 2.48. The van der Waals surface area contributed by atoms with Gasteiger partial charge in [-0.15, -0.1) is 0 Å². The predicted octanol–water partition coefficient (Wildman–Crippen LogP) is -1.63. The van der Waals surface area contributed by atoms with Crippen LogP contribution in [0.5, 0.6) is 0 Å². The van der Waals surface area contributed by atoms with Crippen molar-refractivity contribution >= 4 is 13.5 Å². The average Bonchev–Trinajstić information content (AvgIpc) is 1.97. The molecule has 0 aromatic carbocycles. The normalized spacial score (nSPS) is 16.6. The summed E-state index contributed by atoms with van der Waals surface area (Å²) in [5, 5.41) is 6.53. The molecule has 13 heavy (non-hydrogen) atoms. The molecule has 0 heterocycles. The molecule has 0 aliphatic carbocycles. The Balaban J connectivity index is 4.92. The molecule has 0 saturated heterocycles. The Bertz CT molecular complexity index is 231. The topological polar surface area (TPSA) is 130 Å². The summed E-state index contributed by atoms with van der Waals surface area (Å²) in [5.41, 5.74) is 4.75. The largest absolute Gasteiger partial charge is 0.393 e. The molecule has 8 heteroatoms. The van der Waals surface area contributed by atoms with E-state index in [1.54, 1.807) is 0 Å². The zero-order chi connectivity index (χ0) is 10.7. The fourth-order valence-electron chi connectivity index (χ4n) is 0.779. The number of hydrogen-bond acceptors (Lipinski definition) is 4. The Labute approximate surface area is 74.7 Å². The maximum Gasteiger partial charge on any atom is 0.360 e. The highest BCUT2D eigenvalue weighted by atomic mass is 31.2. The molecule has 0 radical (unpaired) electrons. The number of aliphatic hydroxyl groups excluding tert-OH is 1. The third kappa shape index (κ3) is 2.75. The molecule has 1 amide bonds.